The van der Waals surface area contributed by atoms with Crippen molar-refractivity contribution in [3.63, 3.8) is 0 Å². The second-order valence-corrected chi connectivity index (χ2v) is 7.51. The lowest BCUT2D eigenvalue weighted by molar-refractivity contribution is 0.280. The molecule has 3 aromatic carbocycles. The topological polar surface area (TPSA) is 46.3 Å². The van der Waals surface area contributed by atoms with Crippen LogP contribution in [0.5, 0.6) is 11.5 Å². The Balaban J connectivity index is 0.00000272. The van der Waals surface area contributed by atoms with Crippen LogP contribution in [-0.2, 0) is 19.6 Å². The van der Waals surface area contributed by atoms with Gasteiger partial charge in [0, 0.05) is 29.2 Å². The second kappa shape index (κ2) is 10.9. The van der Waals surface area contributed by atoms with Crippen LogP contribution in [0.3, 0.4) is 0 Å². The molecule has 4 rings (SSSR count). The van der Waals surface area contributed by atoms with Gasteiger partial charge < -0.3 is 19.8 Å². The number of hydrogen-bond acceptors (Lipinski definition) is 3. The highest BCUT2D eigenvalue weighted by Gasteiger charge is 2.11. The van der Waals surface area contributed by atoms with E-state index < -0.39 is 0 Å². The number of H-pyrrole nitrogens is 1. The Bertz CT molecular complexity index is 1110. The molecule has 0 radical (unpaired) electrons. The first kappa shape index (κ1) is 22.7. The van der Waals surface area contributed by atoms with Crippen LogP contribution < -0.4 is 14.8 Å². The number of aromatic nitrogens is 1. The maximum absolute atomic E-state index is 6.18. The largest absolute Gasteiger partial charge is 0.493 e. The molecule has 31 heavy (non-hydrogen) atoms. The minimum Gasteiger partial charge on any atom is -0.493 e. The van der Waals surface area contributed by atoms with Crippen molar-refractivity contribution < 1.29 is 9.47 Å². The predicted octanol–water partition coefficient (Wildman–Crippen LogP) is 5.82. The maximum atomic E-state index is 6.18. The van der Waals surface area contributed by atoms with Gasteiger partial charge in [0.2, 0.25) is 0 Å². The molecule has 1 aromatic heterocycles. The molecular weight excluding hydrogens is 408 g/mol. The summed E-state index contributed by atoms with van der Waals surface area (Å²) < 4.78 is 11.7. The number of fused-ring (bicyclic) bond motifs is 1. The zero-order chi connectivity index (χ0) is 20.8. The molecule has 0 fully saturated rings. The fourth-order valence-electron chi connectivity index (χ4n) is 3.65. The standard InChI is InChI=1S/C26H28N2O2.ClH/c1-19-10-12-20(13-11-19)18-30-26-22(6-5-9-25(26)29-2)16-27-15-14-21-17-28-24-8-4-3-7-23(21)24;/h3-13,17,27-28H,14-16,18H2,1-2H3;1H. The van der Waals surface area contributed by atoms with Crippen LogP contribution in [-0.4, -0.2) is 18.6 Å². The minimum atomic E-state index is 0. The highest BCUT2D eigenvalue weighted by molar-refractivity contribution is 5.85. The molecule has 4 nitrogen and oxygen atoms in total. The molecule has 0 atom stereocenters. The van der Waals surface area contributed by atoms with Crippen LogP contribution >= 0.6 is 12.4 Å². The molecule has 162 valence electrons. The number of benzene rings is 3. The quantitative estimate of drug-likeness (QED) is 0.325. The molecule has 0 saturated carbocycles. The number of halogens is 1. The highest BCUT2D eigenvalue weighted by atomic mass is 35.5. The second-order valence-electron chi connectivity index (χ2n) is 7.51. The van der Waals surface area contributed by atoms with E-state index in [1.165, 1.54) is 22.0 Å². The normalized spacial score (nSPS) is 10.6. The first-order valence-electron chi connectivity index (χ1n) is 10.3. The summed E-state index contributed by atoms with van der Waals surface area (Å²) >= 11 is 0. The first-order valence-corrected chi connectivity index (χ1v) is 10.3. The third-order valence-corrected chi connectivity index (χ3v) is 5.35. The van der Waals surface area contributed by atoms with Crippen molar-refractivity contribution in [2.45, 2.75) is 26.5 Å². The van der Waals surface area contributed by atoms with Gasteiger partial charge in [-0.3, -0.25) is 0 Å². The molecule has 0 unspecified atom stereocenters. The van der Waals surface area contributed by atoms with Gasteiger partial charge in [-0.15, -0.1) is 12.4 Å². The van der Waals surface area contributed by atoms with Crippen LogP contribution in [0.1, 0.15) is 22.3 Å². The van der Waals surface area contributed by atoms with E-state index in [1.807, 2.05) is 12.1 Å². The van der Waals surface area contributed by atoms with Crippen molar-refractivity contribution >= 4 is 23.3 Å². The monoisotopic (exact) mass is 436 g/mol. The Labute approximate surface area is 190 Å². The molecule has 0 aliphatic heterocycles. The fourth-order valence-corrected chi connectivity index (χ4v) is 3.65. The predicted molar refractivity (Wildman–Crippen MR) is 129 cm³/mol. The van der Waals surface area contributed by atoms with Gasteiger partial charge in [0.15, 0.2) is 11.5 Å². The Morgan fingerprint density at radius 1 is 0.903 bits per heavy atom. The highest BCUT2D eigenvalue weighted by Crippen LogP contribution is 2.32. The van der Waals surface area contributed by atoms with E-state index in [0.29, 0.717) is 6.61 Å². The van der Waals surface area contributed by atoms with E-state index >= 15 is 0 Å². The molecule has 0 saturated heterocycles. The van der Waals surface area contributed by atoms with Crippen LogP contribution in [0.25, 0.3) is 10.9 Å². The molecule has 0 aliphatic carbocycles. The van der Waals surface area contributed by atoms with Crippen molar-refractivity contribution in [3.05, 3.63) is 95.2 Å². The summed E-state index contributed by atoms with van der Waals surface area (Å²) in [7, 11) is 1.68. The molecule has 0 amide bonds. The summed E-state index contributed by atoms with van der Waals surface area (Å²) in [5.74, 6) is 1.57. The van der Waals surface area contributed by atoms with Crippen molar-refractivity contribution in [1.82, 2.24) is 10.3 Å². The van der Waals surface area contributed by atoms with Crippen molar-refractivity contribution in [3.8, 4) is 11.5 Å². The summed E-state index contributed by atoms with van der Waals surface area (Å²) in [6.07, 6.45) is 3.07. The van der Waals surface area contributed by atoms with Gasteiger partial charge in [0.1, 0.15) is 6.61 Å². The molecular formula is C26H29ClN2O2. The number of ether oxygens (including phenoxy) is 2. The third-order valence-electron chi connectivity index (χ3n) is 5.35. The van der Waals surface area contributed by atoms with Crippen molar-refractivity contribution in [1.29, 1.82) is 0 Å². The average Bonchev–Trinajstić information content (AvgIpc) is 3.19. The average molecular weight is 437 g/mol. The molecule has 0 aliphatic rings. The number of nitrogens with one attached hydrogen (secondary N) is 2. The number of para-hydroxylation sites is 2. The number of methoxy groups -OCH3 is 1. The lowest BCUT2D eigenvalue weighted by Gasteiger charge is -2.16. The number of rotatable bonds is 9. The van der Waals surface area contributed by atoms with E-state index in [-0.39, 0.29) is 12.4 Å². The number of aromatic amines is 1. The maximum Gasteiger partial charge on any atom is 0.166 e. The summed E-state index contributed by atoms with van der Waals surface area (Å²) in [4.78, 5) is 3.34. The lowest BCUT2D eigenvalue weighted by atomic mass is 10.1. The van der Waals surface area contributed by atoms with E-state index in [9.17, 15) is 0 Å². The molecule has 5 heteroatoms. The molecule has 1 heterocycles. The molecule has 2 N–H and O–H groups in total. The van der Waals surface area contributed by atoms with Gasteiger partial charge in [0.05, 0.1) is 7.11 Å². The number of hydrogen-bond donors (Lipinski definition) is 2. The lowest BCUT2D eigenvalue weighted by Crippen LogP contribution is -2.17. The summed E-state index contributed by atoms with van der Waals surface area (Å²) in [5, 5.41) is 4.85. The van der Waals surface area contributed by atoms with E-state index in [0.717, 1.165) is 42.1 Å². The summed E-state index contributed by atoms with van der Waals surface area (Å²) in [5.41, 5.74) is 6.01. The van der Waals surface area contributed by atoms with Gasteiger partial charge in [-0.1, -0.05) is 60.2 Å². The molecule has 0 bridgehead atoms. The van der Waals surface area contributed by atoms with Gasteiger partial charge in [-0.25, -0.2) is 0 Å². The zero-order valence-corrected chi connectivity index (χ0v) is 18.8. The minimum absolute atomic E-state index is 0. The number of aryl methyl sites for hydroxylation is 1. The van der Waals surface area contributed by atoms with E-state index in [4.69, 9.17) is 9.47 Å². The zero-order valence-electron chi connectivity index (χ0n) is 18.0. The van der Waals surface area contributed by atoms with Crippen molar-refractivity contribution in [2.24, 2.45) is 0 Å². The van der Waals surface area contributed by atoms with Gasteiger partial charge in [-0.05, 0) is 43.1 Å². The van der Waals surface area contributed by atoms with Crippen LogP contribution in [0.2, 0.25) is 0 Å². The summed E-state index contributed by atoms with van der Waals surface area (Å²) in [6, 6.07) is 22.9. The van der Waals surface area contributed by atoms with Gasteiger partial charge in [0.25, 0.3) is 0 Å². The van der Waals surface area contributed by atoms with Crippen LogP contribution in [0.15, 0.2) is 72.9 Å². The van der Waals surface area contributed by atoms with Crippen molar-refractivity contribution in [2.75, 3.05) is 13.7 Å². The van der Waals surface area contributed by atoms with E-state index in [2.05, 4.69) is 78.0 Å². The molecule has 0 spiro atoms. The molecule has 4 aromatic rings. The van der Waals surface area contributed by atoms with E-state index in [1.54, 1.807) is 7.11 Å². The Morgan fingerprint density at radius 2 is 1.71 bits per heavy atom. The third kappa shape index (κ3) is 5.60. The fraction of sp³-hybridized carbons (Fsp3) is 0.231. The SMILES string of the molecule is COc1cccc(CNCCc2c[nH]c3ccccc23)c1OCc1ccc(C)cc1.Cl. The Hall–Kier alpha value is -2.95. The van der Waals surface area contributed by atoms with Gasteiger partial charge >= 0.3 is 0 Å². The first-order chi connectivity index (χ1) is 14.7. The van der Waals surface area contributed by atoms with Crippen LogP contribution in [0.4, 0.5) is 0 Å². The van der Waals surface area contributed by atoms with Crippen LogP contribution in [0, 0.1) is 6.92 Å². The summed E-state index contributed by atoms with van der Waals surface area (Å²) in [6.45, 7) is 4.22. The smallest absolute Gasteiger partial charge is 0.166 e. The Kier molecular flexibility index (Phi) is 7.99. The Morgan fingerprint density at radius 3 is 2.52 bits per heavy atom. The van der Waals surface area contributed by atoms with Gasteiger partial charge in [-0.2, -0.15) is 0 Å².